The second kappa shape index (κ2) is 12.7. The van der Waals surface area contributed by atoms with Crippen LogP contribution in [-0.2, 0) is 22.4 Å². The number of hydrogen-bond acceptors (Lipinski definition) is 8. The SMILES string of the molecule is COc1cc2nccc(Oc3ccc(CC(=O)C4(C(=O)Cc5ccc(C)cc5)CC4)cc3)c2cc1OC(=O)N1CCNC[C@H]1C. The Labute approximate surface area is 262 Å². The molecule has 1 aliphatic carbocycles. The van der Waals surface area contributed by atoms with Gasteiger partial charge in [0.25, 0.3) is 0 Å². The van der Waals surface area contributed by atoms with E-state index in [2.05, 4.69) is 10.3 Å². The molecule has 2 heterocycles. The first kappa shape index (κ1) is 30.3. The van der Waals surface area contributed by atoms with E-state index in [1.807, 2.05) is 50.2 Å². The summed E-state index contributed by atoms with van der Waals surface area (Å²) in [6.07, 6.45) is 2.90. The number of fused-ring (bicyclic) bond motifs is 1. The van der Waals surface area contributed by atoms with Crippen molar-refractivity contribution in [2.24, 2.45) is 5.41 Å². The molecule has 0 bridgehead atoms. The second-order valence-corrected chi connectivity index (χ2v) is 12.0. The van der Waals surface area contributed by atoms with Crippen molar-refractivity contribution in [1.29, 1.82) is 0 Å². The molecule has 1 atom stereocenters. The van der Waals surface area contributed by atoms with Crippen LogP contribution in [0, 0.1) is 12.3 Å². The molecule has 2 fully saturated rings. The molecule has 9 nitrogen and oxygen atoms in total. The molecule has 6 rings (SSSR count). The lowest BCUT2D eigenvalue weighted by atomic mass is 9.88. The molecule has 1 N–H and O–H groups in total. The van der Waals surface area contributed by atoms with Gasteiger partial charge in [-0.3, -0.25) is 14.6 Å². The van der Waals surface area contributed by atoms with Crippen LogP contribution in [0.2, 0.25) is 0 Å². The second-order valence-electron chi connectivity index (χ2n) is 12.0. The van der Waals surface area contributed by atoms with Crippen molar-refractivity contribution < 1.29 is 28.6 Å². The lowest BCUT2D eigenvalue weighted by Gasteiger charge is -2.33. The van der Waals surface area contributed by atoms with Crippen molar-refractivity contribution in [3.05, 3.63) is 89.6 Å². The number of carbonyl (C=O) groups excluding carboxylic acids is 3. The predicted octanol–water partition coefficient (Wildman–Crippen LogP) is 5.84. The van der Waals surface area contributed by atoms with Gasteiger partial charge in [0.05, 0.1) is 18.0 Å². The third kappa shape index (κ3) is 6.54. The molecule has 9 heteroatoms. The molecule has 4 aromatic rings. The van der Waals surface area contributed by atoms with Crippen molar-refractivity contribution in [1.82, 2.24) is 15.2 Å². The number of nitrogens with one attached hydrogen (secondary N) is 1. The Balaban J connectivity index is 1.14. The molecule has 1 aliphatic heterocycles. The largest absolute Gasteiger partial charge is 0.493 e. The normalized spacial score (nSPS) is 17.0. The number of methoxy groups -OCH3 is 1. The molecule has 232 valence electrons. The predicted molar refractivity (Wildman–Crippen MR) is 170 cm³/mol. The molecule has 1 amide bonds. The molecular formula is C36H37N3O6. The number of benzene rings is 3. The molecule has 0 spiro atoms. The summed E-state index contributed by atoms with van der Waals surface area (Å²) in [6.45, 7) is 5.94. The van der Waals surface area contributed by atoms with Gasteiger partial charge in [0, 0.05) is 56.2 Å². The van der Waals surface area contributed by atoms with Gasteiger partial charge in [-0.1, -0.05) is 42.0 Å². The number of ether oxygens (including phenoxy) is 3. The number of nitrogens with zero attached hydrogens (tertiary/aromatic N) is 2. The van der Waals surface area contributed by atoms with E-state index in [1.165, 1.54) is 7.11 Å². The number of amides is 1. The standard InChI is InChI=1S/C36H37N3O6/c1-23-4-6-25(7-5-23)18-33(40)36(13-14-36)34(41)19-26-8-10-27(11-9-26)44-30-12-15-38-29-21-31(43-3)32(20-28(29)30)45-35(42)39-17-16-37-22-24(39)2/h4-12,15,20-21,24,37H,13-14,16-19,22H2,1-3H3/t24-/m1/s1. The summed E-state index contributed by atoms with van der Waals surface area (Å²) < 4.78 is 17.5. The monoisotopic (exact) mass is 607 g/mol. The summed E-state index contributed by atoms with van der Waals surface area (Å²) in [5, 5.41) is 3.92. The third-order valence-electron chi connectivity index (χ3n) is 8.74. The van der Waals surface area contributed by atoms with Crippen LogP contribution in [0.15, 0.2) is 72.9 Å². The van der Waals surface area contributed by atoms with Crippen LogP contribution in [-0.4, -0.2) is 60.3 Å². The van der Waals surface area contributed by atoms with E-state index in [0.717, 1.165) is 16.7 Å². The van der Waals surface area contributed by atoms with Crippen LogP contribution in [0.5, 0.6) is 23.0 Å². The first-order valence-electron chi connectivity index (χ1n) is 15.3. The van der Waals surface area contributed by atoms with Gasteiger partial charge >= 0.3 is 6.09 Å². The van der Waals surface area contributed by atoms with E-state index in [-0.39, 0.29) is 36.2 Å². The van der Waals surface area contributed by atoms with E-state index < -0.39 is 11.5 Å². The van der Waals surface area contributed by atoms with Crippen LogP contribution in [0.4, 0.5) is 4.79 Å². The number of aryl methyl sites for hydroxylation is 1. The van der Waals surface area contributed by atoms with Crippen molar-refractivity contribution >= 4 is 28.6 Å². The highest BCUT2D eigenvalue weighted by molar-refractivity contribution is 6.11. The van der Waals surface area contributed by atoms with E-state index in [0.29, 0.717) is 60.6 Å². The van der Waals surface area contributed by atoms with Crippen molar-refractivity contribution in [3.63, 3.8) is 0 Å². The first-order valence-corrected chi connectivity index (χ1v) is 15.3. The zero-order chi connectivity index (χ0) is 31.6. The third-order valence-corrected chi connectivity index (χ3v) is 8.74. The molecule has 0 radical (unpaired) electrons. The van der Waals surface area contributed by atoms with Crippen LogP contribution in [0.25, 0.3) is 10.9 Å². The van der Waals surface area contributed by atoms with E-state index in [9.17, 15) is 14.4 Å². The number of pyridine rings is 1. The zero-order valence-corrected chi connectivity index (χ0v) is 25.8. The number of ketones is 2. The Kier molecular flexibility index (Phi) is 8.54. The number of piperazine rings is 1. The molecule has 1 saturated heterocycles. The van der Waals surface area contributed by atoms with E-state index in [1.54, 1.807) is 41.4 Å². The minimum absolute atomic E-state index is 0.00463. The van der Waals surface area contributed by atoms with Gasteiger partial charge in [0.15, 0.2) is 23.1 Å². The number of aromatic nitrogens is 1. The van der Waals surface area contributed by atoms with Gasteiger partial charge in [0.1, 0.15) is 11.5 Å². The quantitative estimate of drug-likeness (QED) is 0.224. The molecule has 3 aromatic carbocycles. The van der Waals surface area contributed by atoms with Gasteiger partial charge in [-0.25, -0.2) is 4.79 Å². The Morgan fingerprint density at radius 3 is 2.20 bits per heavy atom. The van der Waals surface area contributed by atoms with Crippen LogP contribution < -0.4 is 19.5 Å². The molecule has 1 aromatic heterocycles. The highest BCUT2D eigenvalue weighted by atomic mass is 16.6. The fraction of sp³-hybridized carbons (Fsp3) is 0.333. The summed E-state index contributed by atoms with van der Waals surface area (Å²) >= 11 is 0. The molecule has 0 unspecified atom stereocenters. The van der Waals surface area contributed by atoms with Gasteiger partial charge in [-0.15, -0.1) is 0 Å². The number of hydrogen-bond donors (Lipinski definition) is 1. The molecule has 45 heavy (non-hydrogen) atoms. The average molecular weight is 608 g/mol. The first-order chi connectivity index (χ1) is 21.8. The van der Waals surface area contributed by atoms with Crippen LogP contribution >= 0.6 is 0 Å². The fourth-order valence-electron chi connectivity index (χ4n) is 5.78. The van der Waals surface area contributed by atoms with Crippen molar-refractivity contribution in [3.8, 4) is 23.0 Å². The van der Waals surface area contributed by atoms with Crippen LogP contribution in [0.1, 0.15) is 36.5 Å². The Morgan fingerprint density at radius 1 is 0.911 bits per heavy atom. The Morgan fingerprint density at radius 2 is 1.58 bits per heavy atom. The maximum Gasteiger partial charge on any atom is 0.415 e. The minimum Gasteiger partial charge on any atom is -0.493 e. The lowest BCUT2D eigenvalue weighted by molar-refractivity contribution is -0.133. The smallest absolute Gasteiger partial charge is 0.415 e. The number of rotatable bonds is 10. The van der Waals surface area contributed by atoms with Gasteiger partial charge in [-0.05, 0) is 62.1 Å². The van der Waals surface area contributed by atoms with Crippen molar-refractivity contribution in [2.75, 3.05) is 26.7 Å². The highest BCUT2D eigenvalue weighted by Crippen LogP contribution is 2.49. The Bertz CT molecular complexity index is 1730. The molecule has 1 saturated carbocycles. The van der Waals surface area contributed by atoms with E-state index in [4.69, 9.17) is 14.2 Å². The van der Waals surface area contributed by atoms with E-state index >= 15 is 0 Å². The summed E-state index contributed by atoms with van der Waals surface area (Å²) in [7, 11) is 1.52. The average Bonchev–Trinajstić information content (AvgIpc) is 3.86. The maximum atomic E-state index is 13.3. The lowest BCUT2D eigenvalue weighted by Crippen LogP contribution is -2.53. The Hall–Kier alpha value is -4.76. The van der Waals surface area contributed by atoms with Crippen molar-refractivity contribution in [2.45, 2.75) is 45.6 Å². The van der Waals surface area contributed by atoms with Gasteiger partial charge in [0.2, 0.25) is 0 Å². The van der Waals surface area contributed by atoms with Gasteiger partial charge < -0.3 is 24.4 Å². The molecular weight excluding hydrogens is 570 g/mol. The molecule has 2 aliphatic rings. The van der Waals surface area contributed by atoms with Gasteiger partial charge in [-0.2, -0.15) is 0 Å². The minimum atomic E-state index is -0.860. The zero-order valence-electron chi connectivity index (χ0n) is 25.8. The topological polar surface area (TPSA) is 107 Å². The summed E-state index contributed by atoms with van der Waals surface area (Å²) in [5.41, 5.74) is 2.66. The highest BCUT2D eigenvalue weighted by Gasteiger charge is 2.54. The number of carbonyl (C=O) groups is 3. The summed E-state index contributed by atoms with van der Waals surface area (Å²) in [6, 6.07) is 20.4. The maximum absolute atomic E-state index is 13.3. The number of Topliss-reactive ketones (excluding diaryl/α,β-unsaturated/α-hetero) is 2. The summed E-state index contributed by atoms with van der Waals surface area (Å²) in [5.74, 6) is 1.74. The van der Waals surface area contributed by atoms with Crippen LogP contribution in [0.3, 0.4) is 0 Å². The summed E-state index contributed by atoms with van der Waals surface area (Å²) in [4.78, 5) is 45.5. The fourth-order valence-corrected chi connectivity index (χ4v) is 5.78.